The highest BCUT2D eigenvalue weighted by molar-refractivity contribution is 5.46. The van der Waals surface area contributed by atoms with Crippen LogP contribution in [0, 0.1) is 5.82 Å². The number of hydrogen-bond donors (Lipinski definition) is 0. The van der Waals surface area contributed by atoms with Crippen LogP contribution in [0.5, 0.6) is 0 Å². The molecule has 11 heavy (non-hydrogen) atoms. The molecular formula is C9H7FO. The summed E-state index contributed by atoms with van der Waals surface area (Å²) < 4.78 is 12.5. The minimum atomic E-state index is -0.276. The number of hydrogen-bond acceptors (Lipinski definition) is 1. The van der Waals surface area contributed by atoms with Gasteiger partial charge in [0.25, 0.3) is 0 Å². The van der Waals surface area contributed by atoms with Gasteiger partial charge >= 0.3 is 0 Å². The first-order valence-corrected chi connectivity index (χ1v) is 3.26. The number of allylic oxidation sites excluding steroid dienone is 1. The van der Waals surface area contributed by atoms with E-state index in [4.69, 9.17) is 0 Å². The van der Waals surface area contributed by atoms with Crippen LogP contribution in [-0.2, 0) is 11.2 Å². The Bertz CT molecular complexity index is 287. The summed E-state index contributed by atoms with van der Waals surface area (Å²) in [6.45, 7) is 0. The SMILES string of the molecule is O=C=CCc1cccc(F)c1. The molecule has 0 fully saturated rings. The highest BCUT2D eigenvalue weighted by atomic mass is 19.1. The lowest BCUT2D eigenvalue weighted by atomic mass is 10.1. The fraction of sp³-hybridized carbons (Fsp3) is 0.111. The van der Waals surface area contributed by atoms with Gasteiger partial charge in [0.15, 0.2) is 0 Å². The minimum absolute atomic E-state index is 0.276. The van der Waals surface area contributed by atoms with Crippen molar-refractivity contribution >= 4 is 5.94 Å². The Balaban J connectivity index is 2.79. The summed E-state index contributed by atoms with van der Waals surface area (Å²) in [6.07, 6.45) is 1.77. The molecule has 1 aromatic carbocycles. The second-order valence-electron chi connectivity index (χ2n) is 2.16. The van der Waals surface area contributed by atoms with Crippen LogP contribution in [0.3, 0.4) is 0 Å². The zero-order chi connectivity index (χ0) is 8.10. The number of rotatable bonds is 2. The summed E-state index contributed by atoms with van der Waals surface area (Å²) in [6, 6.07) is 6.14. The first-order valence-electron chi connectivity index (χ1n) is 3.26. The smallest absolute Gasteiger partial charge is 0.123 e. The van der Waals surface area contributed by atoms with Crippen molar-refractivity contribution in [1.29, 1.82) is 0 Å². The van der Waals surface area contributed by atoms with Crippen LogP contribution >= 0.6 is 0 Å². The van der Waals surface area contributed by atoms with Crippen molar-refractivity contribution in [3.8, 4) is 0 Å². The van der Waals surface area contributed by atoms with E-state index >= 15 is 0 Å². The largest absolute Gasteiger partial charge is 0.234 e. The Hall–Kier alpha value is -1.40. The van der Waals surface area contributed by atoms with E-state index in [0.29, 0.717) is 6.42 Å². The van der Waals surface area contributed by atoms with Crippen molar-refractivity contribution in [3.63, 3.8) is 0 Å². The minimum Gasteiger partial charge on any atom is -0.234 e. The molecule has 0 aliphatic rings. The summed E-state index contributed by atoms with van der Waals surface area (Å²) in [5.74, 6) is 1.36. The lowest BCUT2D eigenvalue weighted by Gasteiger charge is -1.93. The lowest BCUT2D eigenvalue weighted by molar-refractivity contribution is 0.568. The van der Waals surface area contributed by atoms with Crippen LogP contribution in [0.2, 0.25) is 0 Å². The quantitative estimate of drug-likeness (QED) is 0.587. The van der Waals surface area contributed by atoms with E-state index in [9.17, 15) is 9.18 Å². The monoisotopic (exact) mass is 150 g/mol. The lowest BCUT2D eigenvalue weighted by Crippen LogP contribution is -1.81. The van der Waals surface area contributed by atoms with Gasteiger partial charge in [0, 0.05) is 12.5 Å². The zero-order valence-corrected chi connectivity index (χ0v) is 5.88. The summed E-state index contributed by atoms with van der Waals surface area (Å²) in [7, 11) is 0. The fourth-order valence-electron chi connectivity index (χ4n) is 0.823. The molecule has 2 heteroatoms. The topological polar surface area (TPSA) is 17.1 Å². The first-order chi connectivity index (χ1) is 5.33. The predicted octanol–water partition coefficient (Wildman–Crippen LogP) is 1.76. The van der Waals surface area contributed by atoms with Crippen molar-refractivity contribution in [3.05, 3.63) is 41.7 Å². The van der Waals surface area contributed by atoms with Crippen molar-refractivity contribution in [1.82, 2.24) is 0 Å². The molecule has 1 rings (SSSR count). The molecule has 0 atom stereocenters. The van der Waals surface area contributed by atoms with Gasteiger partial charge in [0.05, 0.1) is 0 Å². The normalized spacial score (nSPS) is 8.82. The number of halogens is 1. The van der Waals surface area contributed by atoms with Crippen LogP contribution in [0.15, 0.2) is 30.3 Å². The van der Waals surface area contributed by atoms with Gasteiger partial charge in [-0.1, -0.05) is 12.1 Å². The Morgan fingerprint density at radius 3 is 3.00 bits per heavy atom. The van der Waals surface area contributed by atoms with Crippen LogP contribution in [0.25, 0.3) is 0 Å². The Kier molecular flexibility index (Phi) is 2.59. The Morgan fingerprint density at radius 2 is 2.36 bits per heavy atom. The molecule has 0 saturated heterocycles. The molecule has 0 aliphatic carbocycles. The molecule has 0 aromatic heterocycles. The second kappa shape index (κ2) is 3.69. The molecular weight excluding hydrogens is 143 g/mol. The first kappa shape index (κ1) is 7.70. The van der Waals surface area contributed by atoms with E-state index in [0.717, 1.165) is 5.56 Å². The number of benzene rings is 1. The molecule has 0 spiro atoms. The molecule has 0 saturated carbocycles. The molecule has 56 valence electrons. The standard InChI is InChI=1S/C9H7FO/c10-9-5-1-3-8(7-9)4-2-6-11/h1-3,5,7H,4H2. The summed E-state index contributed by atoms with van der Waals surface area (Å²) in [4.78, 5) is 9.79. The van der Waals surface area contributed by atoms with Crippen molar-refractivity contribution < 1.29 is 9.18 Å². The van der Waals surface area contributed by atoms with Gasteiger partial charge in [-0.05, 0) is 17.7 Å². The summed E-state index contributed by atoms with van der Waals surface area (Å²) >= 11 is 0. The maximum atomic E-state index is 12.5. The van der Waals surface area contributed by atoms with Gasteiger partial charge in [-0.2, -0.15) is 0 Å². The van der Waals surface area contributed by atoms with Gasteiger partial charge in [0.1, 0.15) is 11.8 Å². The highest BCUT2D eigenvalue weighted by Gasteiger charge is 1.91. The Labute approximate surface area is 64.2 Å². The van der Waals surface area contributed by atoms with E-state index in [1.54, 1.807) is 18.1 Å². The van der Waals surface area contributed by atoms with Gasteiger partial charge in [-0.15, -0.1) is 0 Å². The van der Waals surface area contributed by atoms with Gasteiger partial charge in [-0.3, -0.25) is 0 Å². The van der Waals surface area contributed by atoms with E-state index in [1.807, 2.05) is 0 Å². The molecule has 0 bridgehead atoms. The highest BCUT2D eigenvalue weighted by Crippen LogP contribution is 2.03. The molecule has 0 N–H and O–H groups in total. The molecule has 0 heterocycles. The van der Waals surface area contributed by atoms with Crippen LogP contribution in [0.1, 0.15) is 5.56 Å². The van der Waals surface area contributed by atoms with Crippen LogP contribution in [-0.4, -0.2) is 5.94 Å². The predicted molar refractivity (Wildman–Crippen MR) is 40.4 cm³/mol. The average Bonchev–Trinajstić information content (AvgIpc) is 2.01. The molecule has 1 aromatic rings. The molecule has 0 aliphatic heterocycles. The maximum absolute atomic E-state index is 12.5. The second-order valence-corrected chi connectivity index (χ2v) is 2.16. The fourth-order valence-corrected chi connectivity index (χ4v) is 0.823. The summed E-state index contributed by atoms with van der Waals surface area (Å²) in [5, 5.41) is 0. The molecule has 0 unspecified atom stereocenters. The van der Waals surface area contributed by atoms with Gasteiger partial charge in [0.2, 0.25) is 0 Å². The van der Waals surface area contributed by atoms with Crippen molar-refractivity contribution in [2.24, 2.45) is 0 Å². The van der Waals surface area contributed by atoms with Gasteiger partial charge < -0.3 is 0 Å². The maximum Gasteiger partial charge on any atom is 0.123 e. The van der Waals surface area contributed by atoms with E-state index < -0.39 is 0 Å². The van der Waals surface area contributed by atoms with Crippen LogP contribution in [0.4, 0.5) is 4.39 Å². The third kappa shape index (κ3) is 2.36. The number of carbonyl (C=O) groups excluding carboxylic acids is 1. The summed E-state index contributed by atoms with van der Waals surface area (Å²) in [5.41, 5.74) is 0.786. The molecule has 1 nitrogen and oxygen atoms in total. The third-order valence-electron chi connectivity index (χ3n) is 1.31. The van der Waals surface area contributed by atoms with Crippen molar-refractivity contribution in [2.75, 3.05) is 0 Å². The average molecular weight is 150 g/mol. The molecule has 0 radical (unpaired) electrons. The molecule has 0 amide bonds. The van der Waals surface area contributed by atoms with Crippen molar-refractivity contribution in [2.45, 2.75) is 6.42 Å². The Morgan fingerprint density at radius 1 is 1.55 bits per heavy atom. The third-order valence-corrected chi connectivity index (χ3v) is 1.31. The van der Waals surface area contributed by atoms with E-state index in [-0.39, 0.29) is 5.82 Å². The van der Waals surface area contributed by atoms with E-state index in [1.165, 1.54) is 18.2 Å². The zero-order valence-electron chi connectivity index (χ0n) is 5.88. The van der Waals surface area contributed by atoms with Crippen LogP contribution < -0.4 is 0 Å². The van der Waals surface area contributed by atoms with Gasteiger partial charge in [-0.25, -0.2) is 9.18 Å². The van der Waals surface area contributed by atoms with E-state index in [2.05, 4.69) is 0 Å².